The minimum absolute atomic E-state index is 0.596. The maximum absolute atomic E-state index is 5.59. The van der Waals surface area contributed by atoms with Gasteiger partial charge in [0.1, 0.15) is 11.6 Å². The molecule has 0 atom stereocenters. The Labute approximate surface area is 122 Å². The molecule has 106 valence electrons. The molecule has 0 unspecified atom stereocenters. The lowest BCUT2D eigenvalue weighted by atomic mass is 10.1. The zero-order valence-electron chi connectivity index (χ0n) is 11.9. The number of hydrogen-bond acceptors (Lipinski definition) is 5. The summed E-state index contributed by atoms with van der Waals surface area (Å²) in [5, 5.41) is 0. The van der Waals surface area contributed by atoms with Crippen molar-refractivity contribution >= 4 is 5.82 Å². The van der Waals surface area contributed by atoms with E-state index in [0.29, 0.717) is 11.6 Å². The summed E-state index contributed by atoms with van der Waals surface area (Å²) in [6.07, 6.45) is 1.63. The number of aryl methyl sites for hydroxylation is 1. The van der Waals surface area contributed by atoms with Crippen LogP contribution in [0.4, 0.5) is 5.82 Å². The van der Waals surface area contributed by atoms with Crippen LogP contribution in [0.2, 0.25) is 0 Å². The van der Waals surface area contributed by atoms with E-state index in [1.54, 1.807) is 6.26 Å². The molecule has 0 aliphatic carbocycles. The van der Waals surface area contributed by atoms with E-state index in [9.17, 15) is 0 Å². The lowest BCUT2D eigenvalue weighted by Crippen LogP contribution is -2.12. The van der Waals surface area contributed by atoms with Gasteiger partial charge in [-0.3, -0.25) is 0 Å². The molecule has 3 N–H and O–H groups in total. The summed E-state index contributed by atoms with van der Waals surface area (Å²) in [6.45, 7) is 3.83. The minimum atomic E-state index is 0.596. The van der Waals surface area contributed by atoms with Crippen molar-refractivity contribution in [1.82, 2.24) is 9.97 Å². The van der Waals surface area contributed by atoms with Crippen LogP contribution >= 0.6 is 0 Å². The van der Waals surface area contributed by atoms with Crippen LogP contribution in [0, 0.1) is 13.8 Å². The number of benzene rings is 1. The topological polar surface area (TPSA) is 77.0 Å². The largest absolute Gasteiger partial charge is 0.469 e. The van der Waals surface area contributed by atoms with Gasteiger partial charge >= 0.3 is 0 Å². The highest BCUT2D eigenvalue weighted by Crippen LogP contribution is 2.29. The van der Waals surface area contributed by atoms with Crippen LogP contribution in [0.15, 0.2) is 47.1 Å². The van der Waals surface area contributed by atoms with Crippen molar-refractivity contribution in [3.8, 4) is 22.6 Å². The third-order valence-corrected chi connectivity index (χ3v) is 3.43. The summed E-state index contributed by atoms with van der Waals surface area (Å²) >= 11 is 0. The SMILES string of the molecule is Cc1occc1-c1nc(NN)c(C)c(-c2ccccc2)n1. The number of hydrazine groups is 1. The Morgan fingerprint density at radius 1 is 1.05 bits per heavy atom. The molecule has 1 aromatic carbocycles. The van der Waals surface area contributed by atoms with Gasteiger partial charge in [-0.25, -0.2) is 15.8 Å². The molecule has 21 heavy (non-hydrogen) atoms. The molecule has 0 aliphatic rings. The van der Waals surface area contributed by atoms with Gasteiger partial charge in [-0.1, -0.05) is 30.3 Å². The van der Waals surface area contributed by atoms with E-state index < -0.39 is 0 Å². The first kappa shape index (κ1) is 13.3. The smallest absolute Gasteiger partial charge is 0.165 e. The van der Waals surface area contributed by atoms with Gasteiger partial charge in [0.2, 0.25) is 0 Å². The number of nitrogen functional groups attached to an aromatic ring is 1. The molecule has 0 radical (unpaired) electrons. The molecule has 0 fully saturated rings. The second-order valence-electron chi connectivity index (χ2n) is 4.77. The van der Waals surface area contributed by atoms with E-state index in [-0.39, 0.29) is 0 Å². The van der Waals surface area contributed by atoms with E-state index in [2.05, 4.69) is 15.4 Å². The Bertz CT molecular complexity index is 765. The number of anilines is 1. The zero-order valence-corrected chi connectivity index (χ0v) is 11.9. The number of furan rings is 1. The number of nitrogens with zero attached hydrogens (tertiary/aromatic N) is 2. The molecule has 0 saturated carbocycles. The quantitative estimate of drug-likeness (QED) is 0.568. The van der Waals surface area contributed by atoms with Gasteiger partial charge in [-0.15, -0.1) is 0 Å². The first-order valence-corrected chi connectivity index (χ1v) is 6.66. The Balaban J connectivity index is 2.23. The molecule has 2 aromatic heterocycles. The van der Waals surface area contributed by atoms with Crippen molar-refractivity contribution in [3.63, 3.8) is 0 Å². The van der Waals surface area contributed by atoms with E-state index >= 15 is 0 Å². The monoisotopic (exact) mass is 280 g/mol. The van der Waals surface area contributed by atoms with Crippen LogP contribution < -0.4 is 11.3 Å². The number of aromatic nitrogens is 2. The van der Waals surface area contributed by atoms with Gasteiger partial charge < -0.3 is 9.84 Å². The summed E-state index contributed by atoms with van der Waals surface area (Å²) in [6, 6.07) is 11.8. The third kappa shape index (κ3) is 2.39. The fourth-order valence-corrected chi connectivity index (χ4v) is 2.27. The highest BCUT2D eigenvalue weighted by molar-refractivity contribution is 5.72. The summed E-state index contributed by atoms with van der Waals surface area (Å²) in [5.74, 6) is 7.58. The summed E-state index contributed by atoms with van der Waals surface area (Å²) < 4.78 is 5.34. The number of nitrogens with one attached hydrogen (secondary N) is 1. The predicted octanol–water partition coefficient (Wildman–Crippen LogP) is 3.31. The van der Waals surface area contributed by atoms with Crippen LogP contribution in [-0.4, -0.2) is 9.97 Å². The van der Waals surface area contributed by atoms with Gasteiger partial charge in [-0.2, -0.15) is 0 Å². The highest BCUT2D eigenvalue weighted by Gasteiger charge is 2.15. The molecular formula is C16H16N4O. The van der Waals surface area contributed by atoms with Gasteiger partial charge in [0.15, 0.2) is 5.82 Å². The van der Waals surface area contributed by atoms with E-state index in [4.69, 9.17) is 10.3 Å². The molecule has 0 saturated heterocycles. The Morgan fingerprint density at radius 3 is 2.43 bits per heavy atom. The average Bonchev–Trinajstić information content (AvgIpc) is 2.94. The normalized spacial score (nSPS) is 10.6. The molecule has 3 aromatic rings. The van der Waals surface area contributed by atoms with Gasteiger partial charge in [-0.05, 0) is 19.9 Å². The third-order valence-electron chi connectivity index (χ3n) is 3.43. The van der Waals surface area contributed by atoms with Crippen molar-refractivity contribution in [2.75, 3.05) is 5.43 Å². The summed E-state index contributed by atoms with van der Waals surface area (Å²) in [7, 11) is 0. The summed E-state index contributed by atoms with van der Waals surface area (Å²) in [5.41, 5.74) is 6.30. The van der Waals surface area contributed by atoms with Crippen LogP contribution in [0.25, 0.3) is 22.6 Å². The lowest BCUT2D eigenvalue weighted by Gasteiger charge is -2.12. The first-order chi connectivity index (χ1) is 10.2. The molecular weight excluding hydrogens is 264 g/mol. The fraction of sp³-hybridized carbons (Fsp3) is 0.125. The number of nitrogens with two attached hydrogens (primary N) is 1. The molecule has 3 rings (SSSR count). The van der Waals surface area contributed by atoms with Gasteiger partial charge in [0.05, 0.1) is 17.5 Å². The first-order valence-electron chi connectivity index (χ1n) is 6.66. The number of rotatable bonds is 3. The second-order valence-corrected chi connectivity index (χ2v) is 4.77. The summed E-state index contributed by atoms with van der Waals surface area (Å²) in [4.78, 5) is 9.16. The molecule has 2 heterocycles. The van der Waals surface area contributed by atoms with Crippen LogP contribution in [0.3, 0.4) is 0 Å². The molecule has 5 nitrogen and oxygen atoms in total. The zero-order chi connectivity index (χ0) is 14.8. The van der Waals surface area contributed by atoms with Crippen molar-refractivity contribution in [2.45, 2.75) is 13.8 Å². The van der Waals surface area contributed by atoms with Gasteiger partial charge in [0.25, 0.3) is 0 Å². The molecule has 0 amide bonds. The number of hydrogen-bond donors (Lipinski definition) is 2. The maximum atomic E-state index is 5.59. The molecule has 0 aliphatic heterocycles. The molecule has 5 heteroatoms. The highest BCUT2D eigenvalue weighted by atomic mass is 16.3. The predicted molar refractivity (Wildman–Crippen MR) is 82.5 cm³/mol. The van der Waals surface area contributed by atoms with E-state index in [0.717, 1.165) is 28.1 Å². The van der Waals surface area contributed by atoms with Crippen LogP contribution in [0.5, 0.6) is 0 Å². The van der Waals surface area contributed by atoms with Gasteiger partial charge in [0, 0.05) is 11.1 Å². The fourth-order valence-electron chi connectivity index (χ4n) is 2.27. The molecule has 0 bridgehead atoms. The van der Waals surface area contributed by atoms with Crippen LogP contribution in [0.1, 0.15) is 11.3 Å². The van der Waals surface area contributed by atoms with E-state index in [1.807, 2.05) is 50.2 Å². The van der Waals surface area contributed by atoms with Crippen LogP contribution in [-0.2, 0) is 0 Å². The Kier molecular flexibility index (Phi) is 3.41. The van der Waals surface area contributed by atoms with Crippen molar-refractivity contribution < 1.29 is 4.42 Å². The van der Waals surface area contributed by atoms with E-state index in [1.165, 1.54) is 0 Å². The standard InChI is InChI=1S/C16H16N4O/c1-10-14(12-6-4-3-5-7-12)18-16(19-15(10)20-17)13-8-9-21-11(13)2/h3-9H,17H2,1-2H3,(H,18,19,20). The minimum Gasteiger partial charge on any atom is -0.469 e. The van der Waals surface area contributed by atoms with Crippen molar-refractivity contribution in [2.24, 2.45) is 5.84 Å². The Hall–Kier alpha value is -2.66. The Morgan fingerprint density at radius 2 is 1.81 bits per heavy atom. The average molecular weight is 280 g/mol. The second kappa shape index (κ2) is 5.38. The molecule has 0 spiro atoms. The van der Waals surface area contributed by atoms with Crippen molar-refractivity contribution in [1.29, 1.82) is 0 Å². The maximum Gasteiger partial charge on any atom is 0.165 e. The van der Waals surface area contributed by atoms with Crippen molar-refractivity contribution in [3.05, 3.63) is 54.0 Å². The lowest BCUT2D eigenvalue weighted by molar-refractivity contribution is 0.535.